The van der Waals surface area contributed by atoms with Gasteiger partial charge < -0.3 is 5.73 Å². The van der Waals surface area contributed by atoms with Gasteiger partial charge in [0.05, 0.1) is 0 Å². The van der Waals surface area contributed by atoms with Crippen LogP contribution in [0.15, 0.2) is 11.1 Å². The molecular weight excluding hydrogens is 218 g/mol. The van der Waals surface area contributed by atoms with Gasteiger partial charge >= 0.3 is 0 Å². The number of hydrogen-bond acceptors (Lipinski definition) is 2. The molecule has 1 aromatic carbocycles. The van der Waals surface area contributed by atoms with E-state index in [1.807, 2.05) is 0 Å². The van der Waals surface area contributed by atoms with E-state index in [0.717, 1.165) is 0 Å². The molecule has 0 saturated carbocycles. The molecule has 0 unspecified atom stereocenters. The second-order valence-electron chi connectivity index (χ2n) is 2.43. The fourth-order valence-electron chi connectivity index (χ4n) is 0.804. The summed E-state index contributed by atoms with van der Waals surface area (Å²) in [6, 6.07) is 0.0340. The molecule has 0 saturated heterocycles. The van der Waals surface area contributed by atoms with Gasteiger partial charge in [0.1, 0.15) is 5.69 Å². The summed E-state index contributed by atoms with van der Waals surface area (Å²) in [5.41, 5.74) is 4.85. The molecule has 0 spiro atoms. The van der Waals surface area contributed by atoms with E-state index in [9.17, 15) is 17.6 Å². The molecule has 15 heavy (non-hydrogen) atoms. The Morgan fingerprint density at radius 1 is 1.20 bits per heavy atom. The molecule has 0 aliphatic rings. The van der Waals surface area contributed by atoms with Gasteiger partial charge in [-0.05, 0) is 0 Å². The Morgan fingerprint density at radius 2 is 1.67 bits per heavy atom. The molecule has 0 heterocycles. The van der Waals surface area contributed by atoms with E-state index in [1.165, 1.54) is 5.48 Å². The van der Waals surface area contributed by atoms with Crippen molar-refractivity contribution in [3.05, 3.63) is 29.3 Å². The van der Waals surface area contributed by atoms with Gasteiger partial charge in [0.2, 0.25) is 5.96 Å². The van der Waals surface area contributed by atoms with Crippen molar-refractivity contribution in [2.45, 2.75) is 0 Å². The fourth-order valence-corrected chi connectivity index (χ4v) is 0.804. The average molecular weight is 223 g/mol. The number of guanidine groups is 1. The maximum Gasteiger partial charge on any atom is 0.218 e. The molecule has 0 fully saturated rings. The van der Waals surface area contributed by atoms with Crippen LogP contribution in [0.1, 0.15) is 0 Å². The van der Waals surface area contributed by atoms with Gasteiger partial charge in [0.25, 0.3) is 0 Å². The van der Waals surface area contributed by atoms with Crippen molar-refractivity contribution >= 4 is 11.6 Å². The number of rotatable bonds is 1. The van der Waals surface area contributed by atoms with Crippen LogP contribution in [0.2, 0.25) is 0 Å². The van der Waals surface area contributed by atoms with Gasteiger partial charge in [0.15, 0.2) is 23.3 Å². The normalized spacial score (nSPS) is 11.7. The largest absolute Gasteiger partial charge is 0.368 e. The van der Waals surface area contributed by atoms with Crippen LogP contribution in [0.4, 0.5) is 23.2 Å². The first kappa shape index (κ1) is 11.2. The molecule has 0 atom stereocenters. The lowest BCUT2D eigenvalue weighted by Gasteiger charge is -2.03. The lowest BCUT2D eigenvalue weighted by molar-refractivity contribution is 0.233. The highest BCUT2D eigenvalue weighted by Gasteiger charge is 2.18. The van der Waals surface area contributed by atoms with Crippen molar-refractivity contribution in [1.29, 1.82) is 0 Å². The van der Waals surface area contributed by atoms with Crippen LogP contribution in [0.5, 0.6) is 0 Å². The Morgan fingerprint density at radius 3 is 2.07 bits per heavy atom. The minimum atomic E-state index is -1.70. The van der Waals surface area contributed by atoms with Crippen LogP contribution in [0.3, 0.4) is 0 Å². The molecule has 0 radical (unpaired) electrons. The van der Waals surface area contributed by atoms with E-state index >= 15 is 0 Å². The average Bonchev–Trinajstić information content (AvgIpc) is 2.21. The summed E-state index contributed by atoms with van der Waals surface area (Å²) in [6.45, 7) is 0. The second-order valence-corrected chi connectivity index (χ2v) is 2.43. The van der Waals surface area contributed by atoms with E-state index in [1.54, 1.807) is 0 Å². The van der Waals surface area contributed by atoms with Gasteiger partial charge in [0, 0.05) is 6.07 Å². The maximum atomic E-state index is 12.9. The van der Waals surface area contributed by atoms with Crippen molar-refractivity contribution in [1.82, 2.24) is 5.48 Å². The summed E-state index contributed by atoms with van der Waals surface area (Å²) in [7, 11) is 0. The molecule has 8 heteroatoms. The molecule has 1 rings (SSSR count). The van der Waals surface area contributed by atoms with Crippen LogP contribution in [-0.2, 0) is 0 Å². The summed E-state index contributed by atoms with van der Waals surface area (Å²) < 4.78 is 51.0. The third kappa shape index (κ3) is 2.15. The number of aliphatic imine (C=N–C) groups is 1. The first-order valence-electron chi connectivity index (χ1n) is 3.54. The SMILES string of the molecule is NC(=Nc1c(F)c(F)cc(F)c1F)NO. The van der Waals surface area contributed by atoms with Crippen LogP contribution >= 0.6 is 0 Å². The molecule has 82 valence electrons. The molecule has 0 aliphatic heterocycles. The molecule has 4 nitrogen and oxygen atoms in total. The Balaban J connectivity index is 3.40. The predicted octanol–water partition coefficient (Wildman–Crippen LogP) is 1.17. The fraction of sp³-hybridized carbons (Fsp3) is 0. The van der Waals surface area contributed by atoms with Crippen molar-refractivity contribution in [3.63, 3.8) is 0 Å². The standard InChI is InChI=1S/C7H5F4N3O/c8-2-1-3(9)5(11)6(4(2)10)13-7(12)14-15/h1,15H,(H3,12,13,14). The van der Waals surface area contributed by atoms with Crippen molar-refractivity contribution < 1.29 is 22.8 Å². The molecule has 1 aromatic rings. The van der Waals surface area contributed by atoms with E-state index < -0.39 is 34.9 Å². The Hall–Kier alpha value is -1.83. The molecule has 0 aromatic heterocycles. The van der Waals surface area contributed by atoms with Crippen LogP contribution in [0, 0.1) is 23.3 Å². The number of hydrogen-bond donors (Lipinski definition) is 3. The van der Waals surface area contributed by atoms with E-state index in [2.05, 4.69) is 4.99 Å². The minimum absolute atomic E-state index is 0.0340. The lowest BCUT2D eigenvalue weighted by Crippen LogP contribution is -2.28. The van der Waals surface area contributed by atoms with Crippen molar-refractivity contribution in [2.75, 3.05) is 0 Å². The van der Waals surface area contributed by atoms with Gasteiger partial charge in [-0.1, -0.05) is 0 Å². The first-order valence-corrected chi connectivity index (χ1v) is 3.54. The van der Waals surface area contributed by atoms with Gasteiger partial charge in [-0.2, -0.15) is 0 Å². The lowest BCUT2D eigenvalue weighted by atomic mass is 10.2. The quantitative estimate of drug-likeness (QED) is 0.220. The molecule has 4 N–H and O–H groups in total. The zero-order chi connectivity index (χ0) is 11.6. The number of hydroxylamine groups is 1. The Bertz CT molecular complexity index is 395. The number of nitrogens with one attached hydrogen (secondary N) is 1. The third-order valence-corrected chi connectivity index (χ3v) is 1.44. The smallest absolute Gasteiger partial charge is 0.218 e. The number of nitrogens with zero attached hydrogens (tertiary/aromatic N) is 1. The van der Waals surface area contributed by atoms with Crippen LogP contribution in [-0.4, -0.2) is 11.2 Å². The summed E-state index contributed by atoms with van der Waals surface area (Å²) in [4.78, 5) is 2.90. The number of nitrogens with two attached hydrogens (primary N) is 1. The number of benzene rings is 1. The Kier molecular flexibility index (Phi) is 3.10. The zero-order valence-electron chi connectivity index (χ0n) is 7.06. The monoisotopic (exact) mass is 223 g/mol. The van der Waals surface area contributed by atoms with E-state index in [4.69, 9.17) is 10.9 Å². The van der Waals surface area contributed by atoms with Gasteiger partial charge in [-0.15, -0.1) is 0 Å². The molecule has 0 amide bonds. The summed E-state index contributed by atoms with van der Waals surface area (Å²) in [6.07, 6.45) is 0. The predicted molar refractivity (Wildman–Crippen MR) is 42.5 cm³/mol. The van der Waals surface area contributed by atoms with Crippen molar-refractivity contribution in [2.24, 2.45) is 10.7 Å². The topological polar surface area (TPSA) is 70.6 Å². The molecule has 0 aliphatic carbocycles. The van der Waals surface area contributed by atoms with Crippen LogP contribution in [0.25, 0.3) is 0 Å². The summed E-state index contributed by atoms with van der Waals surface area (Å²) >= 11 is 0. The molecular formula is C7H5F4N3O. The maximum absolute atomic E-state index is 12.9. The van der Waals surface area contributed by atoms with Crippen LogP contribution < -0.4 is 11.2 Å². The molecule has 0 bridgehead atoms. The first-order chi connectivity index (χ1) is 6.97. The Labute approximate surface area is 81.0 Å². The second kappa shape index (κ2) is 4.13. The zero-order valence-corrected chi connectivity index (χ0v) is 7.06. The van der Waals surface area contributed by atoms with E-state index in [0.29, 0.717) is 0 Å². The summed E-state index contributed by atoms with van der Waals surface area (Å²) in [5.74, 6) is -7.44. The number of halogens is 4. The van der Waals surface area contributed by atoms with Gasteiger partial charge in [-0.3, -0.25) is 5.21 Å². The van der Waals surface area contributed by atoms with E-state index in [-0.39, 0.29) is 6.07 Å². The highest BCUT2D eigenvalue weighted by atomic mass is 19.2. The van der Waals surface area contributed by atoms with Crippen molar-refractivity contribution in [3.8, 4) is 0 Å². The highest BCUT2D eigenvalue weighted by Crippen LogP contribution is 2.26. The highest BCUT2D eigenvalue weighted by molar-refractivity contribution is 5.79. The summed E-state index contributed by atoms with van der Waals surface area (Å²) in [5, 5.41) is 8.18. The minimum Gasteiger partial charge on any atom is -0.368 e. The third-order valence-electron chi connectivity index (χ3n) is 1.44. The van der Waals surface area contributed by atoms with Gasteiger partial charge in [-0.25, -0.2) is 28.0 Å².